The van der Waals surface area contributed by atoms with Crippen molar-refractivity contribution in [3.05, 3.63) is 59.7 Å². The fourth-order valence-electron chi connectivity index (χ4n) is 9.33. The summed E-state index contributed by atoms with van der Waals surface area (Å²) in [6, 6.07) is 10.7. The Labute approximate surface area is 367 Å². The van der Waals surface area contributed by atoms with Crippen LogP contribution in [0.25, 0.3) is 11.1 Å². The highest BCUT2D eigenvalue weighted by molar-refractivity contribution is 6.47. The van der Waals surface area contributed by atoms with E-state index in [4.69, 9.17) is 20.8 Å². The zero-order valence-electron chi connectivity index (χ0n) is 37.6. The number of aliphatic hydroxyl groups is 1. The van der Waals surface area contributed by atoms with Crippen molar-refractivity contribution in [3.63, 3.8) is 0 Å². The summed E-state index contributed by atoms with van der Waals surface area (Å²) in [6.45, 7) is 13.9. The van der Waals surface area contributed by atoms with E-state index in [0.717, 1.165) is 43.2 Å². The quantitative estimate of drug-likeness (QED) is 0.0637. The number of hydrogen-bond acceptors (Lipinski definition) is 10. The highest BCUT2D eigenvalue weighted by atomic mass is 16.7. The zero-order valence-corrected chi connectivity index (χ0v) is 37.6. The topological polar surface area (TPSA) is 236 Å². The van der Waals surface area contributed by atoms with Gasteiger partial charge in [0.15, 0.2) is 0 Å². The second-order valence-corrected chi connectivity index (χ2v) is 18.4. The third-order valence-electron chi connectivity index (χ3n) is 13.5. The molecule has 4 fully saturated rings. The second-order valence-electron chi connectivity index (χ2n) is 18.4. The lowest BCUT2D eigenvalue weighted by Crippen LogP contribution is -2.65. The lowest BCUT2D eigenvalue weighted by atomic mass is 9.43. The fraction of sp³-hybridized carbons (Fsp3) is 0.630. The monoisotopic (exact) mass is 860 g/mol. The molecule has 4 aliphatic rings. The van der Waals surface area contributed by atoms with Gasteiger partial charge in [-0.1, -0.05) is 63.6 Å². The number of nitrogens with one attached hydrogen (secondary N) is 5. The van der Waals surface area contributed by atoms with Crippen molar-refractivity contribution in [2.75, 3.05) is 13.1 Å². The second kappa shape index (κ2) is 21.4. The maximum atomic E-state index is 13.7. The van der Waals surface area contributed by atoms with Crippen LogP contribution < -0.4 is 38.1 Å². The third kappa shape index (κ3) is 11.4. The molecule has 10 N–H and O–H groups in total. The van der Waals surface area contributed by atoms with E-state index in [1.54, 1.807) is 19.1 Å². The number of rotatable bonds is 22. The van der Waals surface area contributed by atoms with Crippen LogP contribution in [-0.2, 0) is 34.9 Å². The van der Waals surface area contributed by atoms with Crippen molar-refractivity contribution in [3.8, 4) is 11.1 Å². The standard InChI is InChI=1S/C46H70BN7O8/c1-8-9-12-30-14-16-31(17-15-30)32-18-20-33(21-19-32)41(57)53-35(13-10-11-23-48)43(59)54-39(28(3)55)44(60)50-27(2)40(56)52-36(22-24-49)42(58)51-29(4)47-61-38-26-34-25-37(45(34,5)6)46(38,7)62-47/h14-21,27-29,34-39,55H,8-13,22-26,48-49H2,1-7H3,(H,50,60)(H,51,58)(H,52,56)(H,53,57)(H,54,59)/t27-,28+,29-,34-,35-,36-,37-,38?,39-,46-/m0/s1. The van der Waals surface area contributed by atoms with Crippen molar-refractivity contribution in [1.82, 2.24) is 26.6 Å². The summed E-state index contributed by atoms with van der Waals surface area (Å²) in [7, 11) is -0.659. The van der Waals surface area contributed by atoms with Crippen LogP contribution in [0.1, 0.15) is 116 Å². The zero-order chi connectivity index (χ0) is 45.4. The molecule has 3 saturated carbocycles. The Morgan fingerprint density at radius 3 is 1.98 bits per heavy atom. The summed E-state index contributed by atoms with van der Waals surface area (Å²) in [5.41, 5.74) is 14.8. The van der Waals surface area contributed by atoms with Gasteiger partial charge < -0.3 is 52.5 Å². The molecule has 0 spiro atoms. The van der Waals surface area contributed by atoms with E-state index in [-0.39, 0.29) is 30.9 Å². The number of unbranched alkanes of at least 4 members (excludes halogenated alkanes) is 2. The molecule has 2 aromatic rings. The summed E-state index contributed by atoms with van der Waals surface area (Å²) in [5.74, 6) is -2.75. The van der Waals surface area contributed by atoms with Gasteiger partial charge in [0.25, 0.3) is 5.91 Å². The first-order valence-electron chi connectivity index (χ1n) is 22.6. The Kier molecular flexibility index (Phi) is 16.8. The SMILES string of the molecule is CCCCc1ccc(-c2ccc(C(=O)N[C@@H](CCCCN)C(=O)N[C@H](C(=O)N[C@@H](C)C(=O)N[C@@H](CCN)C(=O)N[C@@H](C)B3OC4C[C@@H]5C[C@@H](C5(C)C)[C@]4(C)O3)[C@@H](C)O)cc2)cc1. The maximum Gasteiger partial charge on any atom is 0.481 e. The molecule has 16 heteroatoms. The molecule has 62 heavy (non-hydrogen) atoms. The van der Waals surface area contributed by atoms with E-state index >= 15 is 0 Å². The molecule has 3 aliphatic carbocycles. The van der Waals surface area contributed by atoms with Crippen molar-refractivity contribution in [2.24, 2.45) is 28.7 Å². The van der Waals surface area contributed by atoms with Crippen LogP contribution in [0.5, 0.6) is 0 Å². The summed E-state index contributed by atoms with van der Waals surface area (Å²) >= 11 is 0. The fourth-order valence-corrected chi connectivity index (χ4v) is 9.33. The van der Waals surface area contributed by atoms with E-state index in [2.05, 4.69) is 78.5 Å². The Balaban J connectivity index is 1.15. The number of aliphatic hydroxyl groups excluding tert-OH is 1. The van der Waals surface area contributed by atoms with Gasteiger partial charge in [-0.05, 0) is 138 Å². The summed E-state index contributed by atoms with van der Waals surface area (Å²) in [5, 5.41) is 24.1. The molecule has 2 bridgehead atoms. The minimum absolute atomic E-state index is 0.0591. The largest absolute Gasteiger partial charge is 0.481 e. The number of nitrogens with two attached hydrogens (primary N) is 2. The van der Waals surface area contributed by atoms with Crippen molar-refractivity contribution in [1.29, 1.82) is 0 Å². The number of benzene rings is 2. The van der Waals surface area contributed by atoms with Crippen LogP contribution in [-0.4, -0.2) is 103 Å². The van der Waals surface area contributed by atoms with Gasteiger partial charge in [-0.2, -0.15) is 0 Å². The van der Waals surface area contributed by atoms with Crippen LogP contribution in [0.4, 0.5) is 0 Å². The molecule has 6 rings (SSSR count). The minimum Gasteiger partial charge on any atom is -0.404 e. The number of hydrogen-bond donors (Lipinski definition) is 8. The minimum atomic E-state index is -1.48. The Bertz CT molecular complexity index is 1860. The predicted molar refractivity (Wildman–Crippen MR) is 239 cm³/mol. The van der Waals surface area contributed by atoms with E-state index in [0.29, 0.717) is 36.8 Å². The molecule has 10 atom stereocenters. The van der Waals surface area contributed by atoms with Crippen LogP contribution >= 0.6 is 0 Å². The first-order chi connectivity index (χ1) is 29.4. The highest BCUT2D eigenvalue weighted by Gasteiger charge is 2.68. The summed E-state index contributed by atoms with van der Waals surface area (Å²) in [4.78, 5) is 67.5. The lowest BCUT2D eigenvalue weighted by Gasteiger charge is -2.64. The lowest BCUT2D eigenvalue weighted by molar-refractivity contribution is -0.199. The van der Waals surface area contributed by atoms with Gasteiger partial charge in [0.2, 0.25) is 23.6 Å². The van der Waals surface area contributed by atoms with E-state index < -0.39 is 78.5 Å². The number of carbonyl (C=O) groups excluding carboxylic acids is 5. The Morgan fingerprint density at radius 2 is 1.39 bits per heavy atom. The smallest absolute Gasteiger partial charge is 0.404 e. The van der Waals surface area contributed by atoms with Crippen molar-refractivity contribution in [2.45, 2.75) is 154 Å². The Morgan fingerprint density at radius 1 is 0.758 bits per heavy atom. The van der Waals surface area contributed by atoms with Crippen LogP contribution in [0.3, 0.4) is 0 Å². The molecular weight excluding hydrogens is 789 g/mol. The molecule has 1 heterocycles. The molecule has 1 unspecified atom stereocenters. The molecular formula is C46H70BN7O8. The number of carbonyl (C=O) groups is 5. The van der Waals surface area contributed by atoms with Gasteiger partial charge in [-0.25, -0.2) is 0 Å². The molecule has 1 saturated heterocycles. The molecule has 15 nitrogen and oxygen atoms in total. The molecule has 0 radical (unpaired) electrons. The summed E-state index contributed by atoms with van der Waals surface area (Å²) < 4.78 is 12.8. The molecule has 2 aromatic carbocycles. The number of aryl methyl sites for hydroxylation is 1. The van der Waals surface area contributed by atoms with Crippen LogP contribution in [0, 0.1) is 17.3 Å². The van der Waals surface area contributed by atoms with Crippen molar-refractivity contribution >= 4 is 36.7 Å². The van der Waals surface area contributed by atoms with Gasteiger partial charge in [0, 0.05) is 5.56 Å². The highest BCUT2D eigenvalue weighted by Crippen LogP contribution is 2.65. The predicted octanol–water partition coefficient (Wildman–Crippen LogP) is 2.90. The molecule has 0 aromatic heterocycles. The Hall–Kier alpha value is -4.35. The first-order valence-corrected chi connectivity index (χ1v) is 22.6. The van der Waals surface area contributed by atoms with Crippen molar-refractivity contribution < 1.29 is 38.4 Å². The van der Waals surface area contributed by atoms with Gasteiger partial charge in [0.05, 0.1) is 23.8 Å². The first kappa shape index (κ1) is 48.7. The van der Waals surface area contributed by atoms with Gasteiger partial charge in [0.1, 0.15) is 24.2 Å². The molecule has 340 valence electrons. The van der Waals surface area contributed by atoms with Gasteiger partial charge >= 0.3 is 7.12 Å². The van der Waals surface area contributed by atoms with Gasteiger partial charge in [-0.15, -0.1) is 0 Å². The maximum absolute atomic E-state index is 13.7. The normalized spacial score (nSPS) is 23.9. The molecule has 1 aliphatic heterocycles. The number of amides is 5. The van der Waals surface area contributed by atoms with E-state index in [1.165, 1.54) is 19.4 Å². The van der Waals surface area contributed by atoms with Crippen LogP contribution in [0.2, 0.25) is 0 Å². The average Bonchev–Trinajstić information content (AvgIpc) is 3.61. The third-order valence-corrected chi connectivity index (χ3v) is 13.5. The molecule has 5 amide bonds. The van der Waals surface area contributed by atoms with E-state index in [9.17, 15) is 29.1 Å². The average molecular weight is 860 g/mol. The van der Waals surface area contributed by atoms with Gasteiger partial charge in [-0.3, -0.25) is 24.0 Å². The van der Waals surface area contributed by atoms with E-state index in [1.807, 2.05) is 12.1 Å². The van der Waals surface area contributed by atoms with Crippen LogP contribution in [0.15, 0.2) is 48.5 Å². The summed E-state index contributed by atoms with van der Waals surface area (Å²) in [6.07, 6.45) is 5.32.